The Morgan fingerprint density at radius 2 is 2.00 bits per heavy atom. The van der Waals surface area contributed by atoms with Crippen molar-refractivity contribution in [3.8, 4) is 0 Å². The molecule has 2 aliphatic heterocycles. The number of aromatic amines is 1. The van der Waals surface area contributed by atoms with Crippen LogP contribution in [0, 0.1) is 17.8 Å². The summed E-state index contributed by atoms with van der Waals surface area (Å²) in [6.45, 7) is 1.44. The van der Waals surface area contributed by atoms with E-state index in [9.17, 15) is 19.5 Å². The molecule has 2 aromatic rings. The number of amides is 2. The second kappa shape index (κ2) is 9.38. The number of hydrogen-bond donors (Lipinski definition) is 4. The maximum absolute atomic E-state index is 13.1. The number of aromatic nitrogens is 1. The molecule has 4 N–H and O–H groups in total. The van der Waals surface area contributed by atoms with Gasteiger partial charge in [-0.05, 0) is 49.1 Å². The van der Waals surface area contributed by atoms with E-state index in [0.29, 0.717) is 12.3 Å². The number of piperidine rings is 1. The first-order valence-electron chi connectivity index (χ1n) is 12.1. The molecule has 182 valence electrons. The average Bonchev–Trinajstić information content (AvgIpc) is 3.24. The number of para-hydroxylation sites is 1. The number of ether oxygens (including phenoxy) is 1. The fourth-order valence-electron chi connectivity index (χ4n) is 6.30. The van der Waals surface area contributed by atoms with Crippen molar-refractivity contribution >= 4 is 28.7 Å². The Bertz CT molecular complexity index is 1100. The van der Waals surface area contributed by atoms with Gasteiger partial charge in [0.15, 0.2) is 0 Å². The second-order valence-electron chi connectivity index (χ2n) is 9.72. The first kappa shape index (κ1) is 22.9. The molecule has 2 fully saturated rings. The third-order valence-electron chi connectivity index (χ3n) is 7.93. The summed E-state index contributed by atoms with van der Waals surface area (Å²) < 4.78 is 4.50. The molecule has 9 heteroatoms. The number of carbonyl (C=O) groups is 3. The minimum Gasteiger partial charge on any atom is -0.468 e. The molecule has 3 aliphatic rings. The van der Waals surface area contributed by atoms with Crippen LogP contribution in [0.4, 0.5) is 0 Å². The minimum absolute atomic E-state index is 0.0421. The first-order chi connectivity index (χ1) is 16.5. The van der Waals surface area contributed by atoms with Crippen LogP contribution in [0.3, 0.4) is 0 Å². The molecule has 2 amide bonds. The van der Waals surface area contributed by atoms with Gasteiger partial charge in [-0.1, -0.05) is 18.2 Å². The van der Waals surface area contributed by atoms with Crippen molar-refractivity contribution in [1.82, 2.24) is 20.5 Å². The molecule has 1 unspecified atom stereocenters. The van der Waals surface area contributed by atoms with E-state index >= 15 is 0 Å². The molecule has 9 nitrogen and oxygen atoms in total. The van der Waals surface area contributed by atoms with E-state index in [0.717, 1.165) is 37.9 Å². The van der Waals surface area contributed by atoms with Gasteiger partial charge in [0, 0.05) is 29.7 Å². The van der Waals surface area contributed by atoms with Crippen LogP contribution >= 0.6 is 0 Å². The van der Waals surface area contributed by atoms with Crippen LogP contribution in [-0.2, 0) is 25.5 Å². The topological polar surface area (TPSA) is 124 Å². The largest absolute Gasteiger partial charge is 0.468 e. The Hall–Kier alpha value is -2.91. The lowest BCUT2D eigenvalue weighted by atomic mass is 9.64. The summed E-state index contributed by atoms with van der Waals surface area (Å²) in [5.41, 5.74) is 3.76. The molecule has 3 heterocycles. The molecule has 5 atom stereocenters. The normalized spacial score (nSPS) is 28.4. The van der Waals surface area contributed by atoms with E-state index in [1.165, 1.54) is 23.8 Å². The predicted molar refractivity (Wildman–Crippen MR) is 125 cm³/mol. The van der Waals surface area contributed by atoms with Crippen LogP contribution < -0.4 is 10.6 Å². The van der Waals surface area contributed by atoms with E-state index < -0.39 is 23.9 Å². The highest BCUT2D eigenvalue weighted by atomic mass is 16.5. The molecular formula is C25H32N4O5. The van der Waals surface area contributed by atoms with Gasteiger partial charge in [-0.3, -0.25) is 19.3 Å². The highest BCUT2D eigenvalue weighted by Gasteiger charge is 2.49. The molecule has 1 aromatic carbocycles. The quantitative estimate of drug-likeness (QED) is 0.483. The average molecular weight is 469 g/mol. The zero-order valence-electron chi connectivity index (χ0n) is 19.4. The number of benzene rings is 1. The number of aliphatic hydroxyl groups excluding tert-OH is 1. The van der Waals surface area contributed by atoms with Crippen LogP contribution in [-0.4, -0.2) is 72.2 Å². The van der Waals surface area contributed by atoms with Gasteiger partial charge in [0.2, 0.25) is 11.8 Å². The second-order valence-corrected chi connectivity index (χ2v) is 9.72. The van der Waals surface area contributed by atoms with E-state index in [-0.39, 0.29) is 31.0 Å². The lowest BCUT2D eigenvalue weighted by Crippen LogP contribution is -2.55. The predicted octanol–water partition coefficient (Wildman–Crippen LogP) is 0.880. The molecule has 1 aliphatic carbocycles. The monoisotopic (exact) mass is 468 g/mol. The molecule has 1 saturated carbocycles. The number of rotatable bonds is 5. The highest BCUT2D eigenvalue weighted by Crippen LogP contribution is 2.49. The number of nitrogens with zero attached hydrogens (tertiary/aromatic N) is 1. The first-order valence-corrected chi connectivity index (χ1v) is 12.1. The number of methoxy groups -OCH3 is 1. The molecule has 5 rings (SSSR count). The summed E-state index contributed by atoms with van der Waals surface area (Å²) >= 11 is 0. The van der Waals surface area contributed by atoms with Crippen LogP contribution in [0.15, 0.2) is 24.3 Å². The maximum Gasteiger partial charge on any atom is 0.325 e. The fraction of sp³-hybridized carbons (Fsp3) is 0.560. The third-order valence-corrected chi connectivity index (χ3v) is 7.93. The lowest BCUT2D eigenvalue weighted by Gasteiger charge is -2.51. The highest BCUT2D eigenvalue weighted by molar-refractivity contribution is 5.88. The number of H-pyrrole nitrogens is 1. The summed E-state index contributed by atoms with van der Waals surface area (Å²) in [5, 5.41) is 17.2. The Balaban J connectivity index is 1.31. The summed E-state index contributed by atoms with van der Waals surface area (Å²) in [7, 11) is 1.24. The molecule has 0 spiro atoms. The zero-order chi connectivity index (χ0) is 23.8. The van der Waals surface area contributed by atoms with Gasteiger partial charge in [-0.2, -0.15) is 0 Å². The van der Waals surface area contributed by atoms with Gasteiger partial charge in [-0.25, -0.2) is 0 Å². The van der Waals surface area contributed by atoms with Gasteiger partial charge in [0.1, 0.15) is 6.54 Å². The van der Waals surface area contributed by atoms with Crippen molar-refractivity contribution in [3.05, 3.63) is 35.5 Å². The molecule has 0 radical (unpaired) electrons. The van der Waals surface area contributed by atoms with Crippen LogP contribution in [0.5, 0.6) is 0 Å². The van der Waals surface area contributed by atoms with Crippen molar-refractivity contribution in [1.29, 1.82) is 0 Å². The van der Waals surface area contributed by atoms with Crippen molar-refractivity contribution in [3.63, 3.8) is 0 Å². The SMILES string of the molecule is COC(=O)CNC(=O)CNC(=O)C1[C@H]2C[C@H]3c4[nH]c5ccccc5c4CCN3C[C@@H]2CC[C@@H]1O. The number of esters is 1. The van der Waals surface area contributed by atoms with Gasteiger partial charge in [0.05, 0.1) is 31.7 Å². The van der Waals surface area contributed by atoms with Crippen LogP contribution in [0.2, 0.25) is 0 Å². The third kappa shape index (κ3) is 4.18. The summed E-state index contributed by atoms with van der Waals surface area (Å²) in [6, 6.07) is 8.58. The van der Waals surface area contributed by atoms with Gasteiger partial charge in [0.25, 0.3) is 0 Å². The Labute approximate surface area is 198 Å². The van der Waals surface area contributed by atoms with E-state index in [2.05, 4.69) is 43.5 Å². The number of nitrogens with one attached hydrogen (secondary N) is 3. The Morgan fingerprint density at radius 1 is 1.18 bits per heavy atom. The molecule has 1 saturated heterocycles. The Kier molecular flexibility index (Phi) is 6.31. The van der Waals surface area contributed by atoms with Gasteiger partial charge < -0.3 is 25.5 Å². The number of fused-ring (bicyclic) bond motifs is 6. The summed E-state index contributed by atoms with van der Waals surface area (Å²) in [5.74, 6) is -1.48. The van der Waals surface area contributed by atoms with Crippen LogP contribution in [0.1, 0.15) is 36.6 Å². The molecule has 1 aromatic heterocycles. The smallest absolute Gasteiger partial charge is 0.325 e. The zero-order valence-corrected chi connectivity index (χ0v) is 19.4. The lowest BCUT2D eigenvalue weighted by molar-refractivity contribution is -0.141. The van der Waals surface area contributed by atoms with Crippen LogP contribution in [0.25, 0.3) is 10.9 Å². The number of aliphatic hydroxyl groups is 1. The van der Waals surface area contributed by atoms with E-state index in [4.69, 9.17) is 0 Å². The standard InChI is InChI=1S/C25H32N4O5/c1-34-22(32)12-26-21(31)11-27-25(33)23-17-10-19-24-16(15-4-2-3-5-18(15)28-24)8-9-29(19)13-14(17)6-7-20(23)30/h2-5,14,17,19-20,23,28,30H,6-13H2,1H3,(H,26,31)(H,27,33)/t14-,17-,19-,20-,23?/m0/s1. The van der Waals surface area contributed by atoms with Crippen molar-refractivity contribution in [2.75, 3.05) is 33.3 Å². The molecule has 0 bridgehead atoms. The molecule has 34 heavy (non-hydrogen) atoms. The molecular weight excluding hydrogens is 436 g/mol. The summed E-state index contributed by atoms with van der Waals surface area (Å²) in [6.07, 6.45) is 2.58. The number of hydrogen-bond acceptors (Lipinski definition) is 6. The summed E-state index contributed by atoms with van der Waals surface area (Å²) in [4.78, 5) is 42.5. The minimum atomic E-state index is -0.725. The fourth-order valence-corrected chi connectivity index (χ4v) is 6.30. The van der Waals surface area contributed by atoms with E-state index in [1.807, 2.05) is 6.07 Å². The van der Waals surface area contributed by atoms with Crippen molar-refractivity contribution in [2.24, 2.45) is 17.8 Å². The maximum atomic E-state index is 13.1. The van der Waals surface area contributed by atoms with Gasteiger partial charge in [-0.15, -0.1) is 0 Å². The van der Waals surface area contributed by atoms with Gasteiger partial charge >= 0.3 is 5.97 Å². The van der Waals surface area contributed by atoms with Crippen molar-refractivity contribution < 1.29 is 24.2 Å². The van der Waals surface area contributed by atoms with Crippen molar-refractivity contribution in [2.45, 2.75) is 37.8 Å². The van der Waals surface area contributed by atoms with E-state index in [1.54, 1.807) is 0 Å². The number of carbonyl (C=O) groups excluding carboxylic acids is 3. The Morgan fingerprint density at radius 3 is 2.82 bits per heavy atom.